The van der Waals surface area contributed by atoms with Crippen LogP contribution in [0.1, 0.15) is 33.6 Å². The lowest BCUT2D eigenvalue weighted by molar-refractivity contribution is 0.0267. The number of aromatic nitrogens is 2. The van der Waals surface area contributed by atoms with E-state index in [1.165, 1.54) is 0 Å². The molecular weight excluding hydrogens is 362 g/mol. The molecule has 23 heavy (non-hydrogen) atoms. The van der Waals surface area contributed by atoms with Crippen LogP contribution in [0.5, 0.6) is 5.88 Å². The summed E-state index contributed by atoms with van der Waals surface area (Å²) in [5, 5.41) is 7.98. The smallest absolute Gasteiger partial charge is 0.410 e. The average molecular weight is 384 g/mol. The summed E-state index contributed by atoms with van der Waals surface area (Å²) in [6.45, 7) is 7.11. The van der Waals surface area contributed by atoms with Crippen molar-refractivity contribution in [3.8, 4) is 5.88 Å². The molecule has 2 fully saturated rings. The van der Waals surface area contributed by atoms with E-state index in [0.717, 1.165) is 19.4 Å². The summed E-state index contributed by atoms with van der Waals surface area (Å²) < 4.78 is 12.2. The summed E-state index contributed by atoms with van der Waals surface area (Å²) in [6.07, 6.45) is 1.92. The van der Waals surface area contributed by atoms with Crippen molar-refractivity contribution in [2.24, 2.45) is 11.8 Å². The minimum atomic E-state index is -0.461. The fraction of sp³-hybridized carbons (Fsp3) is 0.688. The topological polar surface area (TPSA) is 64.5 Å². The van der Waals surface area contributed by atoms with Crippen molar-refractivity contribution in [3.63, 3.8) is 0 Å². The molecule has 3 rings (SSSR count). The molecule has 2 aliphatic rings. The van der Waals surface area contributed by atoms with Gasteiger partial charge in [-0.1, -0.05) is 0 Å². The van der Waals surface area contributed by atoms with Crippen molar-refractivity contribution < 1.29 is 14.3 Å². The summed E-state index contributed by atoms with van der Waals surface area (Å²) in [6, 6.07) is 3.63. The Balaban J connectivity index is 1.60. The van der Waals surface area contributed by atoms with E-state index in [1.807, 2.05) is 37.8 Å². The van der Waals surface area contributed by atoms with Crippen LogP contribution in [0.3, 0.4) is 0 Å². The molecule has 0 N–H and O–H groups in total. The molecule has 1 amide bonds. The molecule has 1 saturated carbocycles. The number of carbonyl (C=O) groups excluding carboxylic acids is 1. The number of carbonyl (C=O) groups is 1. The lowest BCUT2D eigenvalue weighted by atomic mass is 9.99. The van der Waals surface area contributed by atoms with E-state index in [2.05, 4.69) is 26.1 Å². The van der Waals surface area contributed by atoms with Gasteiger partial charge in [-0.15, -0.1) is 10.2 Å². The number of nitrogens with zero attached hydrogens (tertiary/aromatic N) is 3. The van der Waals surface area contributed by atoms with Gasteiger partial charge >= 0.3 is 6.09 Å². The molecule has 6 nitrogen and oxygen atoms in total. The fourth-order valence-corrected chi connectivity index (χ4v) is 3.57. The van der Waals surface area contributed by atoms with Crippen LogP contribution >= 0.6 is 15.9 Å². The number of rotatable bonds is 2. The maximum Gasteiger partial charge on any atom is 0.410 e. The molecule has 0 unspecified atom stereocenters. The Bertz CT molecular complexity index is 573. The van der Waals surface area contributed by atoms with E-state index in [0.29, 0.717) is 28.9 Å². The Labute approximate surface area is 144 Å². The van der Waals surface area contributed by atoms with E-state index >= 15 is 0 Å². The average Bonchev–Trinajstić information content (AvgIpc) is 3.01. The molecule has 1 aliphatic carbocycles. The second kappa shape index (κ2) is 6.26. The van der Waals surface area contributed by atoms with Gasteiger partial charge in [-0.2, -0.15) is 0 Å². The lowest BCUT2D eigenvalue weighted by Crippen LogP contribution is -2.37. The Morgan fingerprint density at radius 3 is 2.70 bits per heavy atom. The minimum absolute atomic E-state index is 0.0860. The molecule has 1 aromatic rings. The van der Waals surface area contributed by atoms with Crippen LogP contribution in [-0.4, -0.2) is 46.0 Å². The molecule has 0 spiro atoms. The predicted molar refractivity (Wildman–Crippen MR) is 88.2 cm³/mol. The number of hydrogen-bond acceptors (Lipinski definition) is 5. The monoisotopic (exact) mass is 383 g/mol. The number of likely N-dealkylation sites (tertiary alicyclic amines) is 1. The highest BCUT2D eigenvalue weighted by atomic mass is 79.9. The first-order valence-electron chi connectivity index (χ1n) is 7.95. The molecule has 7 heteroatoms. The minimum Gasteiger partial charge on any atom is -0.473 e. The maximum absolute atomic E-state index is 12.2. The Morgan fingerprint density at radius 2 is 2.04 bits per heavy atom. The van der Waals surface area contributed by atoms with Crippen molar-refractivity contribution >= 4 is 22.0 Å². The van der Waals surface area contributed by atoms with Gasteiger partial charge in [0, 0.05) is 25.1 Å². The highest BCUT2D eigenvalue weighted by molar-refractivity contribution is 9.10. The zero-order chi connectivity index (χ0) is 16.6. The number of hydrogen-bond donors (Lipinski definition) is 0. The van der Waals surface area contributed by atoms with Gasteiger partial charge in [0.25, 0.3) is 0 Å². The molecule has 2 heterocycles. The second-order valence-corrected chi connectivity index (χ2v) is 8.05. The van der Waals surface area contributed by atoms with E-state index < -0.39 is 5.60 Å². The Kier molecular flexibility index (Phi) is 4.49. The van der Waals surface area contributed by atoms with E-state index in [9.17, 15) is 4.79 Å². The molecule has 1 aromatic heterocycles. The molecule has 0 radical (unpaired) electrons. The van der Waals surface area contributed by atoms with E-state index in [-0.39, 0.29) is 12.2 Å². The number of halogens is 1. The zero-order valence-corrected chi connectivity index (χ0v) is 15.2. The third-order valence-corrected chi connectivity index (χ3v) is 4.75. The lowest BCUT2D eigenvalue weighted by Gasteiger charge is -2.25. The predicted octanol–water partition coefficient (Wildman–Crippen LogP) is 3.26. The van der Waals surface area contributed by atoms with Gasteiger partial charge in [-0.3, -0.25) is 0 Å². The highest BCUT2D eigenvalue weighted by Crippen LogP contribution is 2.40. The van der Waals surface area contributed by atoms with E-state index in [1.54, 1.807) is 0 Å². The van der Waals surface area contributed by atoms with Gasteiger partial charge in [0.15, 0.2) is 0 Å². The summed E-state index contributed by atoms with van der Waals surface area (Å²) in [7, 11) is 0. The maximum atomic E-state index is 12.2. The van der Waals surface area contributed by atoms with E-state index in [4.69, 9.17) is 9.47 Å². The first-order chi connectivity index (χ1) is 10.8. The number of ether oxygens (including phenoxy) is 2. The van der Waals surface area contributed by atoms with Gasteiger partial charge in [0.1, 0.15) is 16.3 Å². The van der Waals surface area contributed by atoms with Crippen LogP contribution in [-0.2, 0) is 4.74 Å². The van der Waals surface area contributed by atoms with Gasteiger partial charge in [-0.25, -0.2) is 4.79 Å². The van der Waals surface area contributed by atoms with Crippen molar-refractivity contribution in [1.82, 2.24) is 15.1 Å². The third-order valence-electron chi connectivity index (χ3n) is 4.32. The summed E-state index contributed by atoms with van der Waals surface area (Å²) in [5.74, 6) is 1.36. The van der Waals surface area contributed by atoms with Crippen LogP contribution < -0.4 is 4.74 Å². The van der Waals surface area contributed by atoms with Gasteiger partial charge < -0.3 is 14.4 Å². The summed E-state index contributed by atoms with van der Waals surface area (Å²) >= 11 is 3.26. The summed E-state index contributed by atoms with van der Waals surface area (Å²) in [5.41, 5.74) is -0.461. The highest BCUT2D eigenvalue weighted by Gasteiger charge is 2.46. The standard InChI is InChI=1S/C16H22BrN3O3/c1-16(2,3)23-15(21)20-8-10-4-5-12(11(10)9-20)22-14-7-6-13(17)18-19-14/h6-7,10-12H,4-5,8-9H2,1-3H3/t10-,11+,12+/m0/s1. The van der Waals surface area contributed by atoms with Crippen molar-refractivity contribution in [1.29, 1.82) is 0 Å². The SMILES string of the molecule is CC(C)(C)OC(=O)N1C[C@@H]2CC[C@@H](Oc3ccc(Br)nn3)[C@@H]2C1. The van der Waals surface area contributed by atoms with Crippen molar-refractivity contribution in [2.75, 3.05) is 13.1 Å². The largest absolute Gasteiger partial charge is 0.473 e. The summed E-state index contributed by atoms with van der Waals surface area (Å²) in [4.78, 5) is 14.0. The van der Waals surface area contributed by atoms with Gasteiger partial charge in [0.2, 0.25) is 5.88 Å². The molecule has 126 valence electrons. The van der Waals surface area contributed by atoms with Crippen molar-refractivity contribution in [2.45, 2.75) is 45.3 Å². The van der Waals surface area contributed by atoms with Crippen LogP contribution in [0.15, 0.2) is 16.7 Å². The molecule has 1 aliphatic heterocycles. The number of amides is 1. The molecule has 0 aromatic carbocycles. The van der Waals surface area contributed by atoms with Crippen LogP contribution in [0.25, 0.3) is 0 Å². The van der Waals surface area contributed by atoms with Crippen molar-refractivity contribution in [3.05, 3.63) is 16.7 Å². The first-order valence-corrected chi connectivity index (χ1v) is 8.75. The normalized spacial score (nSPS) is 27.0. The number of fused-ring (bicyclic) bond motifs is 1. The first kappa shape index (κ1) is 16.5. The van der Waals surface area contributed by atoms with Gasteiger partial charge in [-0.05, 0) is 61.5 Å². The molecule has 3 atom stereocenters. The fourth-order valence-electron chi connectivity index (χ4n) is 3.36. The molecule has 0 bridgehead atoms. The molecular formula is C16H22BrN3O3. The second-order valence-electron chi connectivity index (χ2n) is 7.24. The quantitative estimate of drug-likeness (QED) is 0.783. The molecule has 1 saturated heterocycles. The zero-order valence-electron chi connectivity index (χ0n) is 13.7. The van der Waals surface area contributed by atoms with Crippen LogP contribution in [0.2, 0.25) is 0 Å². The Hall–Kier alpha value is -1.37. The Morgan fingerprint density at radius 1 is 1.26 bits per heavy atom. The third kappa shape index (κ3) is 3.94. The van der Waals surface area contributed by atoms with Crippen LogP contribution in [0.4, 0.5) is 4.79 Å². The van der Waals surface area contributed by atoms with Crippen LogP contribution in [0, 0.1) is 11.8 Å². The van der Waals surface area contributed by atoms with Gasteiger partial charge in [0.05, 0.1) is 0 Å².